The van der Waals surface area contributed by atoms with Crippen LogP contribution in [0, 0.1) is 22.2 Å². The molecule has 4 rings (SSSR count). The maximum atomic E-state index is 13.1. The summed E-state index contributed by atoms with van der Waals surface area (Å²) >= 11 is 10.2. The summed E-state index contributed by atoms with van der Waals surface area (Å²) in [4.78, 5) is 13.1. The molecule has 0 spiro atoms. The van der Waals surface area contributed by atoms with Gasteiger partial charge in [0.05, 0.1) is 10.6 Å². The summed E-state index contributed by atoms with van der Waals surface area (Å²) in [7, 11) is 0. The van der Waals surface area contributed by atoms with Crippen molar-refractivity contribution in [3.63, 3.8) is 0 Å². The Morgan fingerprint density at radius 1 is 0.971 bits per heavy atom. The van der Waals surface area contributed by atoms with Gasteiger partial charge < -0.3 is 14.8 Å². The first-order valence-electron chi connectivity index (χ1n) is 11.4. The van der Waals surface area contributed by atoms with Gasteiger partial charge in [-0.2, -0.15) is 5.26 Å². The van der Waals surface area contributed by atoms with Crippen molar-refractivity contribution >= 4 is 36.0 Å². The number of hydrogen-bond donors (Lipinski definition) is 3. The van der Waals surface area contributed by atoms with E-state index in [2.05, 4.69) is 56.6 Å². The van der Waals surface area contributed by atoms with E-state index in [1.165, 1.54) is 0 Å². The van der Waals surface area contributed by atoms with Gasteiger partial charge in [0.2, 0.25) is 0 Å². The Balaban J connectivity index is 1.45. The van der Waals surface area contributed by atoms with Gasteiger partial charge in [-0.3, -0.25) is 4.79 Å². The number of carbonyl (C=O) groups excluding carboxylic acids is 1. The molecule has 1 aliphatic carbocycles. The van der Waals surface area contributed by atoms with E-state index in [9.17, 15) is 4.79 Å². The van der Waals surface area contributed by atoms with Crippen molar-refractivity contribution in [3.8, 4) is 22.9 Å². The molecule has 1 fully saturated rings. The van der Waals surface area contributed by atoms with Gasteiger partial charge in [0.25, 0.3) is 5.91 Å². The molecule has 2 N–H and O–H groups in total. The van der Waals surface area contributed by atoms with Crippen LogP contribution in [0.2, 0.25) is 5.02 Å². The molecule has 0 saturated heterocycles. The highest BCUT2D eigenvalue weighted by Gasteiger charge is 2.64. The minimum Gasteiger partial charge on any atom is -0.489 e. The molecule has 35 heavy (non-hydrogen) atoms. The van der Waals surface area contributed by atoms with Crippen molar-refractivity contribution in [2.24, 2.45) is 10.8 Å². The molecule has 1 aliphatic rings. The number of thiol groups is 1. The normalized spacial score (nSPS) is 19.7. The lowest BCUT2D eigenvalue weighted by Crippen LogP contribution is -2.74. The molecule has 1 saturated carbocycles. The quantitative estimate of drug-likeness (QED) is 0.324. The zero-order chi connectivity index (χ0) is 25.4. The van der Waals surface area contributed by atoms with E-state index in [1.54, 1.807) is 18.2 Å². The van der Waals surface area contributed by atoms with Crippen molar-refractivity contribution in [1.29, 1.82) is 5.26 Å². The van der Waals surface area contributed by atoms with E-state index in [4.69, 9.17) is 21.6 Å². The minimum atomic E-state index is -0.317. The Morgan fingerprint density at radius 3 is 2.06 bits per heavy atom. The summed E-state index contributed by atoms with van der Waals surface area (Å²) in [6.07, 6.45) is -0.151. The molecule has 5 nitrogen and oxygen atoms in total. The first-order valence-corrected chi connectivity index (χ1v) is 12.2. The molecule has 0 unspecified atom stereocenters. The fraction of sp³-hybridized carbons (Fsp3) is 0.286. The number of nitrogens with zero attached hydrogens (tertiary/aromatic N) is 1. The van der Waals surface area contributed by atoms with E-state index >= 15 is 0 Å². The number of halogens is 1. The summed E-state index contributed by atoms with van der Waals surface area (Å²) in [5, 5.41) is 12.7. The number of benzene rings is 3. The van der Waals surface area contributed by atoms with Crippen molar-refractivity contribution < 1.29 is 9.53 Å². The van der Waals surface area contributed by atoms with Gasteiger partial charge in [-0.15, -0.1) is 0 Å². The first-order chi connectivity index (χ1) is 16.6. The molecule has 0 aliphatic heterocycles. The monoisotopic (exact) mass is 505 g/mol. The molecule has 0 bridgehead atoms. The smallest absolute Gasteiger partial charge is 0.251 e. The van der Waals surface area contributed by atoms with Gasteiger partial charge >= 0.3 is 0 Å². The number of hydrogen-bond acceptors (Lipinski definition) is 5. The van der Waals surface area contributed by atoms with E-state index in [1.807, 2.05) is 48.5 Å². The zero-order valence-electron chi connectivity index (χ0n) is 20.1. The number of rotatable bonds is 6. The average Bonchev–Trinajstić information content (AvgIpc) is 2.85. The molecule has 180 valence electrons. The molecule has 0 aromatic heterocycles. The molecule has 0 atom stereocenters. The second kappa shape index (κ2) is 9.49. The van der Waals surface area contributed by atoms with Crippen LogP contribution in [0.25, 0.3) is 11.1 Å². The highest BCUT2D eigenvalue weighted by Crippen LogP contribution is 2.55. The van der Waals surface area contributed by atoms with E-state index in [0.29, 0.717) is 21.9 Å². The standard InChI is InChI=1S/C28H28ClN3O2S/c1-27(2)25(28(3,4)26(27)34-22-14-11-20(16-30)23(29)15-22)31-24(33)19-7-5-17(6-8-19)18-9-12-21(32-35)13-10-18/h5-15,25-26,32,35H,1-4H3,(H,31,33)/t25-,26-. The SMILES string of the molecule is CC1(C)[C@H](NC(=O)c2ccc(-c3ccc(NS)cc3)cc2)C(C)(C)[C@H]1Oc1ccc(C#N)c(Cl)c1. The van der Waals surface area contributed by atoms with Gasteiger partial charge in [-0.1, -0.05) is 76.4 Å². The Labute approximate surface area is 217 Å². The van der Waals surface area contributed by atoms with Crippen molar-refractivity contribution in [3.05, 3.63) is 82.9 Å². The zero-order valence-corrected chi connectivity index (χ0v) is 21.7. The lowest BCUT2D eigenvalue weighted by Gasteiger charge is -2.63. The van der Waals surface area contributed by atoms with Gasteiger partial charge in [-0.05, 0) is 47.5 Å². The summed E-state index contributed by atoms with van der Waals surface area (Å²) in [5.41, 5.74) is 3.40. The first kappa shape index (κ1) is 25.0. The minimum absolute atomic E-state index is 0.0951. The number of carbonyl (C=O) groups is 1. The Bertz CT molecular complexity index is 1270. The van der Waals surface area contributed by atoms with E-state index in [0.717, 1.165) is 16.8 Å². The lowest BCUT2D eigenvalue weighted by atomic mass is 9.49. The lowest BCUT2D eigenvalue weighted by molar-refractivity contribution is -0.164. The van der Waals surface area contributed by atoms with Crippen LogP contribution >= 0.6 is 24.4 Å². The number of nitrogens with one attached hydrogen (secondary N) is 2. The van der Waals surface area contributed by atoms with Gasteiger partial charge in [-0.25, -0.2) is 0 Å². The summed E-state index contributed by atoms with van der Waals surface area (Å²) < 4.78 is 9.12. The van der Waals surface area contributed by atoms with E-state index in [-0.39, 0.29) is 28.9 Å². The summed E-state index contributed by atoms with van der Waals surface area (Å²) in [6, 6.07) is 22.6. The highest BCUT2D eigenvalue weighted by molar-refractivity contribution is 7.81. The van der Waals surface area contributed by atoms with Crippen molar-refractivity contribution in [2.45, 2.75) is 39.8 Å². The molecule has 1 amide bonds. The Hall–Kier alpha value is -3.14. The molecule has 7 heteroatoms. The van der Waals surface area contributed by atoms with Crippen LogP contribution in [0.1, 0.15) is 43.6 Å². The predicted molar refractivity (Wildman–Crippen MR) is 144 cm³/mol. The molecule has 0 radical (unpaired) electrons. The molecule has 3 aromatic rings. The molecule has 0 heterocycles. The van der Waals surface area contributed by atoms with Crippen LogP contribution in [0.5, 0.6) is 5.75 Å². The van der Waals surface area contributed by atoms with Crippen LogP contribution < -0.4 is 14.8 Å². The molecular weight excluding hydrogens is 478 g/mol. The molecular formula is C28H28ClN3O2S. The maximum absolute atomic E-state index is 13.1. The number of amides is 1. The van der Waals surface area contributed by atoms with Crippen molar-refractivity contribution in [1.82, 2.24) is 5.32 Å². The Morgan fingerprint density at radius 2 is 1.54 bits per heavy atom. The fourth-order valence-electron chi connectivity index (χ4n) is 5.36. The third kappa shape index (κ3) is 4.71. The van der Waals surface area contributed by atoms with Crippen LogP contribution in [-0.4, -0.2) is 18.1 Å². The number of nitriles is 1. The fourth-order valence-corrected chi connectivity index (χ4v) is 5.72. The Kier molecular flexibility index (Phi) is 6.77. The van der Waals surface area contributed by atoms with Crippen LogP contribution in [0.4, 0.5) is 5.69 Å². The van der Waals surface area contributed by atoms with Crippen LogP contribution in [0.15, 0.2) is 66.7 Å². The maximum Gasteiger partial charge on any atom is 0.251 e. The van der Waals surface area contributed by atoms with Gasteiger partial charge in [0.1, 0.15) is 17.9 Å². The van der Waals surface area contributed by atoms with Crippen molar-refractivity contribution in [2.75, 3.05) is 4.72 Å². The highest BCUT2D eigenvalue weighted by atomic mass is 35.5. The van der Waals surface area contributed by atoms with Gasteiger partial charge in [0, 0.05) is 34.2 Å². The topological polar surface area (TPSA) is 74.2 Å². The predicted octanol–water partition coefficient (Wildman–Crippen LogP) is 6.75. The third-order valence-corrected chi connectivity index (χ3v) is 7.50. The van der Waals surface area contributed by atoms with E-state index < -0.39 is 0 Å². The van der Waals surface area contributed by atoms with Gasteiger partial charge in [0.15, 0.2) is 0 Å². The number of anilines is 1. The second-order valence-corrected chi connectivity index (χ2v) is 10.7. The third-order valence-electron chi connectivity index (χ3n) is 6.92. The van der Waals surface area contributed by atoms with Crippen LogP contribution in [0.3, 0.4) is 0 Å². The summed E-state index contributed by atoms with van der Waals surface area (Å²) in [6.45, 7) is 8.36. The average molecular weight is 506 g/mol. The van der Waals surface area contributed by atoms with Crippen LogP contribution in [-0.2, 0) is 0 Å². The molecule has 3 aromatic carbocycles. The largest absolute Gasteiger partial charge is 0.489 e. The number of ether oxygens (including phenoxy) is 1. The summed E-state index contributed by atoms with van der Waals surface area (Å²) in [5.74, 6) is 0.496. The second-order valence-electron chi connectivity index (χ2n) is 10.1.